The molecule has 0 saturated carbocycles. The minimum atomic E-state index is -1.02. The maximum Gasteiger partial charge on any atom is 0.401 e. The van der Waals surface area contributed by atoms with E-state index in [-0.39, 0.29) is 11.6 Å². The highest BCUT2D eigenvalue weighted by Gasteiger charge is 2.12. The third kappa shape index (κ3) is 2.13. The molecular formula is C12H9N3O4. The Hall–Kier alpha value is -2.83. The number of oxazole rings is 1. The topological polar surface area (TPSA) is 101 Å². The van der Waals surface area contributed by atoms with Crippen molar-refractivity contribution >= 4 is 17.1 Å². The molecule has 19 heavy (non-hydrogen) atoms. The summed E-state index contributed by atoms with van der Waals surface area (Å²) in [6, 6.07) is 6.10. The van der Waals surface area contributed by atoms with Gasteiger partial charge >= 0.3 is 12.0 Å². The summed E-state index contributed by atoms with van der Waals surface area (Å²) in [5.74, 6) is -0.689. The SMILES string of the molecule is Cc1cc(Oc2nc3ccc(C(=O)O)cc3o2)n[nH]1. The lowest BCUT2D eigenvalue weighted by molar-refractivity contribution is 0.0697. The van der Waals surface area contributed by atoms with Crippen molar-refractivity contribution in [1.29, 1.82) is 0 Å². The van der Waals surface area contributed by atoms with Gasteiger partial charge < -0.3 is 14.3 Å². The Bertz CT molecular complexity index is 759. The van der Waals surface area contributed by atoms with E-state index in [9.17, 15) is 4.79 Å². The fraction of sp³-hybridized carbons (Fsp3) is 0.0833. The van der Waals surface area contributed by atoms with E-state index < -0.39 is 5.97 Å². The Kier molecular flexibility index (Phi) is 2.45. The zero-order valence-corrected chi connectivity index (χ0v) is 9.88. The fourth-order valence-electron chi connectivity index (χ4n) is 1.61. The van der Waals surface area contributed by atoms with E-state index in [1.54, 1.807) is 12.1 Å². The quantitative estimate of drug-likeness (QED) is 0.748. The maximum absolute atomic E-state index is 10.8. The Labute approximate surface area is 106 Å². The summed E-state index contributed by atoms with van der Waals surface area (Å²) < 4.78 is 10.6. The number of carboxylic acid groups (broad SMARTS) is 1. The highest BCUT2D eigenvalue weighted by molar-refractivity contribution is 5.91. The van der Waals surface area contributed by atoms with E-state index in [1.165, 1.54) is 12.1 Å². The number of aromatic amines is 1. The highest BCUT2D eigenvalue weighted by Crippen LogP contribution is 2.25. The summed E-state index contributed by atoms with van der Waals surface area (Å²) in [4.78, 5) is 14.9. The lowest BCUT2D eigenvalue weighted by atomic mass is 10.2. The summed E-state index contributed by atoms with van der Waals surface area (Å²) in [5.41, 5.74) is 1.85. The van der Waals surface area contributed by atoms with Crippen molar-refractivity contribution in [2.45, 2.75) is 6.92 Å². The van der Waals surface area contributed by atoms with E-state index in [1.807, 2.05) is 6.92 Å². The number of rotatable bonds is 3. The zero-order valence-electron chi connectivity index (χ0n) is 9.88. The third-order valence-corrected chi connectivity index (χ3v) is 2.49. The molecule has 0 radical (unpaired) electrons. The normalized spacial score (nSPS) is 10.8. The van der Waals surface area contributed by atoms with Crippen molar-refractivity contribution in [2.75, 3.05) is 0 Å². The lowest BCUT2D eigenvalue weighted by Gasteiger charge is -1.92. The Morgan fingerprint density at radius 3 is 2.95 bits per heavy atom. The van der Waals surface area contributed by atoms with Crippen molar-refractivity contribution in [3.63, 3.8) is 0 Å². The van der Waals surface area contributed by atoms with E-state index in [0.29, 0.717) is 17.0 Å². The van der Waals surface area contributed by atoms with Gasteiger partial charge in [0.1, 0.15) is 5.52 Å². The number of hydrogen-bond acceptors (Lipinski definition) is 5. The Balaban J connectivity index is 1.95. The third-order valence-electron chi connectivity index (χ3n) is 2.49. The first kappa shape index (κ1) is 11.3. The van der Waals surface area contributed by atoms with E-state index >= 15 is 0 Å². The number of fused-ring (bicyclic) bond motifs is 1. The molecule has 0 spiro atoms. The van der Waals surface area contributed by atoms with Gasteiger partial charge in [0.25, 0.3) is 0 Å². The van der Waals surface area contributed by atoms with Crippen LogP contribution in [0.15, 0.2) is 28.7 Å². The molecule has 0 unspecified atom stereocenters. The predicted molar refractivity (Wildman–Crippen MR) is 64.4 cm³/mol. The average molecular weight is 259 g/mol. The van der Waals surface area contributed by atoms with Gasteiger partial charge in [0, 0.05) is 11.8 Å². The smallest absolute Gasteiger partial charge is 0.401 e. The number of nitrogens with zero attached hydrogens (tertiary/aromatic N) is 2. The van der Waals surface area contributed by atoms with Gasteiger partial charge in [-0.15, -0.1) is 5.10 Å². The second-order valence-electron chi connectivity index (χ2n) is 3.96. The molecule has 2 N–H and O–H groups in total. The number of hydrogen-bond donors (Lipinski definition) is 2. The van der Waals surface area contributed by atoms with Crippen LogP contribution in [0.25, 0.3) is 11.1 Å². The average Bonchev–Trinajstić information content (AvgIpc) is 2.94. The van der Waals surface area contributed by atoms with Crippen LogP contribution in [0.5, 0.6) is 12.0 Å². The van der Waals surface area contributed by atoms with Crippen molar-refractivity contribution in [3.8, 4) is 12.0 Å². The summed E-state index contributed by atoms with van der Waals surface area (Å²) >= 11 is 0. The van der Waals surface area contributed by atoms with Crippen molar-refractivity contribution < 1.29 is 19.1 Å². The van der Waals surface area contributed by atoms with Crippen LogP contribution in [0.3, 0.4) is 0 Å². The van der Waals surface area contributed by atoms with Crippen molar-refractivity contribution in [2.24, 2.45) is 0 Å². The molecule has 0 aliphatic rings. The van der Waals surface area contributed by atoms with E-state index in [4.69, 9.17) is 14.3 Å². The second-order valence-corrected chi connectivity index (χ2v) is 3.96. The monoisotopic (exact) mass is 259 g/mol. The number of aromatic carboxylic acids is 1. The number of aryl methyl sites for hydroxylation is 1. The molecule has 7 nitrogen and oxygen atoms in total. The number of carboxylic acids is 1. The number of carbonyl (C=O) groups is 1. The van der Waals surface area contributed by atoms with Gasteiger partial charge in [0.15, 0.2) is 5.58 Å². The van der Waals surface area contributed by atoms with Crippen molar-refractivity contribution in [1.82, 2.24) is 15.2 Å². The fourth-order valence-corrected chi connectivity index (χ4v) is 1.61. The van der Waals surface area contributed by atoms with Gasteiger partial charge in [-0.1, -0.05) is 0 Å². The molecule has 0 saturated heterocycles. The molecular weight excluding hydrogens is 250 g/mol. The van der Waals surface area contributed by atoms with Crippen LogP contribution >= 0.6 is 0 Å². The molecule has 0 aliphatic carbocycles. The second kappa shape index (κ2) is 4.13. The van der Waals surface area contributed by atoms with Crippen LogP contribution in [0, 0.1) is 6.92 Å². The minimum Gasteiger partial charge on any atom is -0.478 e. The molecule has 7 heteroatoms. The Morgan fingerprint density at radius 2 is 2.26 bits per heavy atom. The highest BCUT2D eigenvalue weighted by atomic mass is 16.6. The van der Waals surface area contributed by atoms with E-state index in [0.717, 1.165) is 5.69 Å². The van der Waals surface area contributed by atoms with Crippen molar-refractivity contribution in [3.05, 3.63) is 35.5 Å². The molecule has 0 amide bonds. The molecule has 3 rings (SSSR count). The molecule has 0 fully saturated rings. The van der Waals surface area contributed by atoms with Crippen LogP contribution in [0.1, 0.15) is 16.1 Å². The molecule has 0 aliphatic heterocycles. The van der Waals surface area contributed by atoms with Crippen LogP contribution in [-0.4, -0.2) is 26.3 Å². The minimum absolute atomic E-state index is 0.0176. The van der Waals surface area contributed by atoms with Crippen LogP contribution in [0.2, 0.25) is 0 Å². The molecule has 0 bridgehead atoms. The largest absolute Gasteiger partial charge is 0.478 e. The predicted octanol–water partition coefficient (Wildman–Crippen LogP) is 2.35. The first-order valence-corrected chi connectivity index (χ1v) is 5.45. The van der Waals surface area contributed by atoms with Gasteiger partial charge in [-0.3, -0.25) is 5.10 Å². The number of nitrogens with one attached hydrogen (secondary N) is 1. The van der Waals surface area contributed by atoms with Gasteiger partial charge in [-0.05, 0) is 25.1 Å². The van der Waals surface area contributed by atoms with Crippen LogP contribution in [-0.2, 0) is 0 Å². The molecule has 0 atom stereocenters. The van der Waals surface area contributed by atoms with Gasteiger partial charge in [0.05, 0.1) is 5.56 Å². The lowest BCUT2D eigenvalue weighted by Crippen LogP contribution is -1.94. The molecule has 3 aromatic rings. The first-order chi connectivity index (χ1) is 9.11. The molecule has 96 valence electrons. The molecule has 1 aromatic carbocycles. The number of ether oxygens (including phenoxy) is 1. The number of aromatic nitrogens is 3. The summed E-state index contributed by atoms with van der Waals surface area (Å²) in [7, 11) is 0. The van der Waals surface area contributed by atoms with Gasteiger partial charge in [-0.2, -0.15) is 4.98 Å². The van der Waals surface area contributed by atoms with Crippen LogP contribution < -0.4 is 4.74 Å². The van der Waals surface area contributed by atoms with E-state index in [2.05, 4.69) is 15.2 Å². The standard InChI is InChI=1S/C12H9N3O4/c1-6-4-10(15-14-6)19-12-13-8-3-2-7(11(16)17)5-9(8)18-12/h2-5H,1H3,(H,14,15)(H,16,17). The Morgan fingerprint density at radius 1 is 1.42 bits per heavy atom. The van der Waals surface area contributed by atoms with Crippen LogP contribution in [0.4, 0.5) is 0 Å². The number of H-pyrrole nitrogens is 1. The first-order valence-electron chi connectivity index (χ1n) is 5.45. The molecule has 2 heterocycles. The maximum atomic E-state index is 10.8. The summed E-state index contributed by atoms with van der Waals surface area (Å²) in [6.07, 6.45) is 0.0176. The van der Waals surface area contributed by atoms with Gasteiger partial charge in [0.2, 0.25) is 5.88 Å². The zero-order chi connectivity index (χ0) is 13.4. The number of benzene rings is 1. The summed E-state index contributed by atoms with van der Waals surface area (Å²) in [5, 5.41) is 15.5. The molecule has 2 aromatic heterocycles. The summed E-state index contributed by atoms with van der Waals surface area (Å²) in [6.45, 7) is 1.84. The van der Waals surface area contributed by atoms with Gasteiger partial charge in [-0.25, -0.2) is 4.79 Å².